The van der Waals surface area contributed by atoms with E-state index in [0.29, 0.717) is 0 Å². The van der Waals surface area contributed by atoms with Crippen LogP contribution in [-0.2, 0) is 6.42 Å². The van der Waals surface area contributed by atoms with Gasteiger partial charge in [-0.05, 0) is 31.4 Å². The van der Waals surface area contributed by atoms with E-state index in [1.807, 2.05) is 13.0 Å². The number of nitrogens with zero attached hydrogens (tertiary/aromatic N) is 1. The molecule has 0 radical (unpaired) electrons. The van der Waals surface area contributed by atoms with Crippen molar-refractivity contribution in [3.8, 4) is 0 Å². The molecule has 4 nitrogen and oxygen atoms in total. The summed E-state index contributed by atoms with van der Waals surface area (Å²) >= 11 is 0. The lowest BCUT2D eigenvalue weighted by Gasteiger charge is -2.08. The summed E-state index contributed by atoms with van der Waals surface area (Å²) in [5, 5.41) is 11.1. The lowest BCUT2D eigenvalue weighted by Crippen LogP contribution is -2.01. The molecule has 2 N–H and O–H groups in total. The molecule has 0 aromatic heterocycles. The van der Waals surface area contributed by atoms with Crippen molar-refractivity contribution in [2.24, 2.45) is 0 Å². The fraction of sp³-hybridized carbons (Fsp3) is 0.760. The maximum absolute atomic E-state index is 11.1. The molecule has 4 heteroatoms. The van der Waals surface area contributed by atoms with Gasteiger partial charge in [0.15, 0.2) is 0 Å². The van der Waals surface area contributed by atoms with Gasteiger partial charge < -0.3 is 5.73 Å². The van der Waals surface area contributed by atoms with E-state index in [9.17, 15) is 10.1 Å². The van der Waals surface area contributed by atoms with Gasteiger partial charge >= 0.3 is 0 Å². The minimum absolute atomic E-state index is 0.0824. The van der Waals surface area contributed by atoms with E-state index in [2.05, 4.69) is 6.92 Å². The molecular formula is C25H44N2O2. The van der Waals surface area contributed by atoms with Crippen LogP contribution in [0.2, 0.25) is 0 Å². The summed E-state index contributed by atoms with van der Waals surface area (Å²) in [6.07, 6.45) is 22.6. The zero-order chi connectivity index (χ0) is 21.3. The number of anilines is 1. The van der Waals surface area contributed by atoms with Gasteiger partial charge in [-0.3, -0.25) is 10.1 Å². The molecule has 0 fully saturated rings. The summed E-state index contributed by atoms with van der Waals surface area (Å²) in [6, 6.07) is 3.62. The van der Waals surface area contributed by atoms with E-state index in [4.69, 9.17) is 5.73 Å². The molecule has 1 aromatic rings. The van der Waals surface area contributed by atoms with Crippen LogP contribution < -0.4 is 5.73 Å². The molecule has 29 heavy (non-hydrogen) atoms. The highest BCUT2D eigenvalue weighted by atomic mass is 16.6. The predicted molar refractivity (Wildman–Crippen MR) is 125 cm³/mol. The molecule has 0 aliphatic carbocycles. The second-order valence-electron chi connectivity index (χ2n) is 8.60. The Morgan fingerprint density at radius 3 is 1.59 bits per heavy atom. The first kappa shape index (κ1) is 25.5. The van der Waals surface area contributed by atoms with Crippen molar-refractivity contribution in [1.29, 1.82) is 0 Å². The molecule has 0 saturated carbocycles. The normalized spacial score (nSPS) is 11.1. The van der Waals surface area contributed by atoms with Crippen molar-refractivity contribution < 1.29 is 4.92 Å². The van der Waals surface area contributed by atoms with Crippen LogP contribution in [-0.4, -0.2) is 4.92 Å². The summed E-state index contributed by atoms with van der Waals surface area (Å²) in [4.78, 5) is 10.8. The Labute approximate surface area is 178 Å². The van der Waals surface area contributed by atoms with Crippen LogP contribution in [0.25, 0.3) is 0 Å². The van der Waals surface area contributed by atoms with Gasteiger partial charge in [0.2, 0.25) is 0 Å². The van der Waals surface area contributed by atoms with Gasteiger partial charge in [0, 0.05) is 5.56 Å². The summed E-state index contributed by atoms with van der Waals surface area (Å²) < 4.78 is 0. The molecule has 0 saturated heterocycles. The summed E-state index contributed by atoms with van der Waals surface area (Å²) in [6.45, 7) is 4.09. The fourth-order valence-corrected chi connectivity index (χ4v) is 4.14. The summed E-state index contributed by atoms with van der Waals surface area (Å²) in [7, 11) is 0. The van der Waals surface area contributed by atoms with Crippen molar-refractivity contribution in [1.82, 2.24) is 0 Å². The van der Waals surface area contributed by atoms with Crippen LogP contribution in [0, 0.1) is 17.0 Å². The monoisotopic (exact) mass is 404 g/mol. The topological polar surface area (TPSA) is 69.2 Å². The van der Waals surface area contributed by atoms with Crippen molar-refractivity contribution in [3.63, 3.8) is 0 Å². The highest BCUT2D eigenvalue weighted by Crippen LogP contribution is 2.29. The highest BCUT2D eigenvalue weighted by Gasteiger charge is 2.17. The van der Waals surface area contributed by atoms with E-state index < -0.39 is 0 Å². The number of hydrogen-bond acceptors (Lipinski definition) is 3. The van der Waals surface area contributed by atoms with Gasteiger partial charge in [0.05, 0.1) is 4.92 Å². The standard InChI is InChI=1S/C25H44N2O2/c1-3-4-5-6-7-8-9-10-11-12-13-14-15-16-17-18-19-23-20-21-24(26)25(22(23)2)27(28)29/h20-21H,3-19,26H2,1-2H3. The largest absolute Gasteiger partial charge is 0.393 e. The fourth-order valence-electron chi connectivity index (χ4n) is 4.14. The summed E-state index contributed by atoms with van der Waals surface area (Å²) in [5.74, 6) is 0. The van der Waals surface area contributed by atoms with Crippen LogP contribution in [0.3, 0.4) is 0 Å². The first-order valence-corrected chi connectivity index (χ1v) is 12.1. The van der Waals surface area contributed by atoms with Crippen LogP contribution in [0.15, 0.2) is 12.1 Å². The van der Waals surface area contributed by atoms with Gasteiger partial charge in [-0.25, -0.2) is 0 Å². The number of unbranched alkanes of at least 4 members (excludes halogenated alkanes) is 15. The number of nitro benzene ring substituents is 1. The molecule has 0 heterocycles. The predicted octanol–water partition coefficient (Wildman–Crippen LogP) is 8.29. The first-order valence-electron chi connectivity index (χ1n) is 12.1. The van der Waals surface area contributed by atoms with E-state index in [-0.39, 0.29) is 16.3 Å². The molecular weight excluding hydrogens is 360 g/mol. The van der Waals surface area contributed by atoms with Crippen LogP contribution in [0.1, 0.15) is 121 Å². The van der Waals surface area contributed by atoms with Gasteiger partial charge in [0.1, 0.15) is 5.69 Å². The highest BCUT2D eigenvalue weighted by molar-refractivity contribution is 5.64. The lowest BCUT2D eigenvalue weighted by molar-refractivity contribution is -0.384. The first-order chi connectivity index (χ1) is 14.1. The zero-order valence-corrected chi connectivity index (χ0v) is 19.0. The van der Waals surface area contributed by atoms with Crippen molar-refractivity contribution in [3.05, 3.63) is 33.4 Å². The van der Waals surface area contributed by atoms with Gasteiger partial charge in [-0.15, -0.1) is 0 Å². The van der Waals surface area contributed by atoms with Crippen molar-refractivity contribution >= 4 is 11.4 Å². The number of hydrogen-bond donors (Lipinski definition) is 1. The molecule has 0 amide bonds. The van der Waals surface area contributed by atoms with E-state index in [1.54, 1.807) is 6.07 Å². The Bertz CT molecular complexity index is 572. The van der Waals surface area contributed by atoms with Crippen molar-refractivity contribution in [2.75, 3.05) is 5.73 Å². The number of nitrogens with two attached hydrogens (primary N) is 1. The van der Waals surface area contributed by atoms with Crippen molar-refractivity contribution in [2.45, 2.75) is 123 Å². The Hall–Kier alpha value is -1.58. The smallest absolute Gasteiger partial charge is 0.295 e. The second-order valence-corrected chi connectivity index (χ2v) is 8.60. The molecule has 1 aromatic carbocycles. The third-order valence-corrected chi connectivity index (χ3v) is 6.06. The Morgan fingerprint density at radius 2 is 1.17 bits per heavy atom. The zero-order valence-electron chi connectivity index (χ0n) is 19.0. The number of nitrogen functional groups attached to an aromatic ring is 1. The lowest BCUT2D eigenvalue weighted by atomic mass is 9.99. The van der Waals surface area contributed by atoms with Gasteiger partial charge in [-0.1, -0.05) is 109 Å². The van der Waals surface area contributed by atoms with E-state index in [1.165, 1.54) is 96.3 Å². The average molecular weight is 405 g/mol. The third-order valence-electron chi connectivity index (χ3n) is 6.06. The summed E-state index contributed by atoms with van der Waals surface area (Å²) in [5.41, 5.74) is 7.89. The van der Waals surface area contributed by atoms with E-state index >= 15 is 0 Å². The number of rotatable bonds is 18. The minimum Gasteiger partial charge on any atom is -0.393 e. The van der Waals surface area contributed by atoms with Crippen LogP contribution in [0.5, 0.6) is 0 Å². The minimum atomic E-state index is -0.359. The number of nitro groups is 1. The molecule has 166 valence electrons. The number of benzene rings is 1. The molecule has 1 rings (SSSR count). The average Bonchev–Trinajstić information content (AvgIpc) is 2.69. The van der Waals surface area contributed by atoms with Crippen LogP contribution >= 0.6 is 0 Å². The Kier molecular flexibility index (Phi) is 14.3. The third kappa shape index (κ3) is 11.3. The maximum atomic E-state index is 11.1. The van der Waals surface area contributed by atoms with Gasteiger partial charge in [0.25, 0.3) is 5.69 Å². The second kappa shape index (κ2) is 16.2. The van der Waals surface area contributed by atoms with E-state index in [0.717, 1.165) is 24.0 Å². The number of aryl methyl sites for hydroxylation is 1. The SMILES string of the molecule is CCCCCCCCCCCCCCCCCCc1ccc(N)c([N+](=O)[O-])c1C. The van der Waals surface area contributed by atoms with Crippen LogP contribution in [0.4, 0.5) is 11.4 Å². The molecule has 0 aliphatic rings. The quantitative estimate of drug-likeness (QED) is 0.116. The maximum Gasteiger partial charge on any atom is 0.295 e. The Balaban J connectivity index is 1.96. The molecule has 0 bridgehead atoms. The molecule has 0 spiro atoms. The Morgan fingerprint density at radius 1 is 0.759 bits per heavy atom. The molecule has 0 atom stereocenters. The molecule has 0 unspecified atom stereocenters. The molecule has 0 aliphatic heterocycles. The van der Waals surface area contributed by atoms with Gasteiger partial charge in [-0.2, -0.15) is 0 Å².